The molecule has 0 unspecified atom stereocenters. The number of primary amides is 1. The topological polar surface area (TPSA) is 98.7 Å². The number of anilines is 1. The zero-order chi connectivity index (χ0) is 18.8. The van der Waals surface area contributed by atoms with Gasteiger partial charge in [-0.2, -0.15) is 0 Å². The smallest absolute Gasteiger partial charge is 0.237 e. The Labute approximate surface area is 153 Å². The Bertz CT molecular complexity index is 604. The van der Waals surface area contributed by atoms with Crippen LogP contribution in [0, 0.1) is 13.8 Å². The van der Waals surface area contributed by atoms with E-state index in [1.165, 1.54) is 22.4 Å². The minimum absolute atomic E-state index is 0.462. The maximum absolute atomic E-state index is 12.6. The molecule has 0 aromatic heterocycles. The molecule has 6 nitrogen and oxygen atoms in total. The molecule has 140 valence electrons. The average Bonchev–Trinajstić information content (AvgIpc) is 2.54. The van der Waals surface area contributed by atoms with Gasteiger partial charge in [-0.05, 0) is 55.5 Å². The molecule has 1 amide bonds. The lowest BCUT2D eigenvalue weighted by molar-refractivity contribution is -0.124. The first kappa shape index (κ1) is 20.0. The molecular formula is C18H30N4O2S. The van der Waals surface area contributed by atoms with Gasteiger partial charge in [0.25, 0.3) is 0 Å². The van der Waals surface area contributed by atoms with Crippen molar-refractivity contribution in [3.63, 3.8) is 0 Å². The Morgan fingerprint density at radius 1 is 1.28 bits per heavy atom. The number of nitrogens with two attached hydrogens (primary N) is 2. The number of carbonyl (C=O) groups is 1. The van der Waals surface area contributed by atoms with Crippen molar-refractivity contribution in [1.29, 1.82) is 0 Å². The first-order valence-corrected chi connectivity index (χ1v) is 9.91. The summed E-state index contributed by atoms with van der Waals surface area (Å²) in [5.74, 6) is 0.113. The number of amides is 1. The van der Waals surface area contributed by atoms with E-state index in [1.54, 1.807) is 0 Å². The van der Waals surface area contributed by atoms with Crippen LogP contribution in [-0.4, -0.2) is 53.2 Å². The molecular weight excluding hydrogens is 336 g/mol. The number of hydrogen-bond donors (Lipinski definition) is 2. The van der Waals surface area contributed by atoms with Gasteiger partial charge in [-0.3, -0.25) is 4.79 Å². The number of carbonyl (C=O) groups excluding carboxylic acids is 1. The fourth-order valence-corrected chi connectivity index (χ4v) is 4.50. The van der Waals surface area contributed by atoms with Gasteiger partial charge in [-0.1, -0.05) is 0 Å². The Balaban J connectivity index is 1.95. The molecule has 0 bridgehead atoms. The number of piperidine rings is 1. The molecule has 1 heterocycles. The van der Waals surface area contributed by atoms with Gasteiger partial charge in [0, 0.05) is 50.7 Å². The van der Waals surface area contributed by atoms with Gasteiger partial charge >= 0.3 is 0 Å². The van der Waals surface area contributed by atoms with Gasteiger partial charge in [-0.25, -0.2) is 0 Å². The molecule has 1 aliphatic heterocycles. The van der Waals surface area contributed by atoms with Crippen LogP contribution in [0.1, 0.15) is 29.5 Å². The van der Waals surface area contributed by atoms with Crippen molar-refractivity contribution >= 4 is 23.0 Å². The highest BCUT2D eigenvalue weighted by atomic mass is 32.2. The van der Waals surface area contributed by atoms with Crippen molar-refractivity contribution in [3.05, 3.63) is 28.8 Å². The minimum atomic E-state index is -1.07. The lowest BCUT2D eigenvalue weighted by Gasteiger charge is -2.36. The summed E-state index contributed by atoms with van der Waals surface area (Å²) in [4.78, 5) is 13.5. The highest BCUT2D eigenvalue weighted by Gasteiger charge is 2.39. The average molecular weight is 367 g/mol. The molecule has 1 aromatic carbocycles. The molecule has 4 N–H and O–H groups in total. The summed E-state index contributed by atoms with van der Waals surface area (Å²) in [7, 11) is 4.06. The second-order valence-electron chi connectivity index (χ2n) is 7.18. The van der Waals surface area contributed by atoms with E-state index in [9.17, 15) is 9.35 Å². The van der Waals surface area contributed by atoms with Crippen LogP contribution in [-0.2, 0) is 22.6 Å². The summed E-state index contributed by atoms with van der Waals surface area (Å²) in [5.41, 5.74) is 15.3. The van der Waals surface area contributed by atoms with Crippen molar-refractivity contribution in [3.8, 4) is 0 Å². The Morgan fingerprint density at radius 2 is 1.80 bits per heavy atom. The fraction of sp³-hybridized carbons (Fsp3) is 0.611. The first-order valence-electron chi connectivity index (χ1n) is 8.64. The first-order chi connectivity index (χ1) is 11.6. The molecule has 1 aliphatic rings. The molecule has 7 heteroatoms. The van der Waals surface area contributed by atoms with Crippen LogP contribution in [0.2, 0.25) is 0 Å². The number of benzene rings is 1. The Morgan fingerprint density at radius 3 is 2.24 bits per heavy atom. The van der Waals surface area contributed by atoms with Crippen molar-refractivity contribution in [1.82, 2.24) is 4.31 Å². The molecule has 1 aromatic rings. The number of hydrogen-bond acceptors (Lipinski definition) is 5. The standard InChI is InChI=1S/C18H30N4O2S/c1-13-11-15(21(3)4)12-14(2)16(13)5-10-25(24)22-8-6-18(20,7-9-22)17(19)23/h11-12H,5-10,20H2,1-4H3,(H2,19,23)/t25-/m0/s1. The van der Waals surface area contributed by atoms with Crippen LogP contribution in [0.5, 0.6) is 0 Å². The van der Waals surface area contributed by atoms with Gasteiger partial charge < -0.3 is 20.9 Å². The Hall–Kier alpha value is -1.28. The predicted octanol–water partition coefficient (Wildman–Crippen LogP) is 0.854. The molecule has 0 saturated carbocycles. The van der Waals surface area contributed by atoms with Crippen molar-refractivity contribution in [2.24, 2.45) is 11.5 Å². The molecule has 2 rings (SSSR count). The van der Waals surface area contributed by atoms with Gasteiger partial charge in [0.15, 0.2) is 0 Å². The van der Waals surface area contributed by atoms with E-state index in [-0.39, 0.29) is 0 Å². The van der Waals surface area contributed by atoms with Gasteiger partial charge in [0.1, 0.15) is 5.75 Å². The number of nitrogens with zero attached hydrogens (tertiary/aromatic N) is 2. The third-order valence-electron chi connectivity index (χ3n) is 5.12. The van der Waals surface area contributed by atoms with E-state index >= 15 is 0 Å². The monoisotopic (exact) mass is 366 g/mol. The lowest BCUT2D eigenvalue weighted by atomic mass is 9.89. The fourth-order valence-electron chi connectivity index (χ4n) is 3.28. The van der Waals surface area contributed by atoms with E-state index < -0.39 is 22.8 Å². The van der Waals surface area contributed by atoms with Gasteiger partial charge in [-0.15, -0.1) is 4.31 Å². The molecule has 1 fully saturated rings. The van der Waals surface area contributed by atoms with Crippen LogP contribution >= 0.6 is 0 Å². The summed E-state index contributed by atoms with van der Waals surface area (Å²) < 4.78 is 14.5. The molecule has 1 saturated heterocycles. The second-order valence-corrected chi connectivity index (χ2v) is 8.75. The lowest BCUT2D eigenvalue weighted by Crippen LogP contribution is -2.59. The summed E-state index contributed by atoms with van der Waals surface area (Å²) >= 11 is -1.07. The van der Waals surface area contributed by atoms with Crippen molar-refractivity contribution in [2.45, 2.75) is 38.6 Å². The molecule has 0 radical (unpaired) electrons. The van der Waals surface area contributed by atoms with E-state index in [0.717, 1.165) is 6.42 Å². The summed E-state index contributed by atoms with van der Waals surface area (Å²) in [6, 6.07) is 4.34. The normalized spacial score (nSPS) is 18.8. The van der Waals surface area contributed by atoms with Crippen molar-refractivity contribution in [2.75, 3.05) is 37.8 Å². The summed E-state index contributed by atoms with van der Waals surface area (Å²) in [6.45, 7) is 5.30. The van der Waals surface area contributed by atoms with Crippen LogP contribution in [0.3, 0.4) is 0 Å². The van der Waals surface area contributed by atoms with Gasteiger partial charge in [0.05, 0.1) is 5.54 Å². The van der Waals surface area contributed by atoms with Crippen LogP contribution in [0.4, 0.5) is 5.69 Å². The third kappa shape index (κ3) is 4.67. The Kier molecular flexibility index (Phi) is 6.37. The van der Waals surface area contributed by atoms with E-state index in [4.69, 9.17) is 11.5 Å². The number of aryl methyl sites for hydroxylation is 2. The van der Waals surface area contributed by atoms with Crippen LogP contribution in [0.25, 0.3) is 0 Å². The van der Waals surface area contributed by atoms with E-state index in [0.29, 0.717) is 31.7 Å². The zero-order valence-electron chi connectivity index (χ0n) is 15.7. The van der Waals surface area contributed by atoms with Crippen LogP contribution < -0.4 is 16.4 Å². The highest BCUT2D eigenvalue weighted by molar-refractivity contribution is 7.89. The quantitative estimate of drug-likeness (QED) is 0.728. The molecule has 25 heavy (non-hydrogen) atoms. The maximum Gasteiger partial charge on any atom is 0.237 e. The summed E-state index contributed by atoms with van der Waals surface area (Å²) in [5, 5.41) is 0. The SMILES string of the molecule is Cc1cc(N(C)C)cc(C)c1CC[S@+]([O-])N1CCC(N)(C(N)=O)CC1. The highest BCUT2D eigenvalue weighted by Crippen LogP contribution is 2.25. The number of rotatable bonds is 6. The molecule has 0 spiro atoms. The molecule has 0 aliphatic carbocycles. The van der Waals surface area contributed by atoms with Crippen molar-refractivity contribution < 1.29 is 9.35 Å². The third-order valence-corrected chi connectivity index (χ3v) is 6.61. The van der Waals surface area contributed by atoms with E-state index in [2.05, 4.69) is 30.9 Å². The summed E-state index contributed by atoms with van der Waals surface area (Å²) in [6.07, 6.45) is 1.70. The van der Waals surface area contributed by atoms with E-state index in [1.807, 2.05) is 18.4 Å². The zero-order valence-corrected chi connectivity index (χ0v) is 16.5. The largest absolute Gasteiger partial charge is 0.598 e. The van der Waals surface area contributed by atoms with Gasteiger partial charge in [0.2, 0.25) is 5.91 Å². The second kappa shape index (κ2) is 7.95. The van der Waals surface area contributed by atoms with Crippen LogP contribution in [0.15, 0.2) is 12.1 Å². The minimum Gasteiger partial charge on any atom is -0.598 e. The molecule has 1 atom stereocenters. The predicted molar refractivity (Wildman–Crippen MR) is 104 cm³/mol. The maximum atomic E-state index is 12.6.